The van der Waals surface area contributed by atoms with E-state index in [4.69, 9.17) is 17.4 Å². The maximum atomic E-state index is 11.3. The SMILES string of the molecule is C=C(C)C(=O)OCC(C)(C)CC(C)(S)C(C)C. The van der Waals surface area contributed by atoms with E-state index in [1.165, 1.54) is 0 Å². The lowest BCUT2D eigenvalue weighted by Gasteiger charge is -2.36. The van der Waals surface area contributed by atoms with Crippen LogP contribution in [-0.4, -0.2) is 17.3 Å². The van der Waals surface area contributed by atoms with Gasteiger partial charge in [0.2, 0.25) is 0 Å². The lowest BCUT2D eigenvalue weighted by Crippen LogP contribution is -2.34. The highest BCUT2D eigenvalue weighted by Gasteiger charge is 2.33. The van der Waals surface area contributed by atoms with E-state index in [2.05, 4.69) is 41.2 Å². The molecule has 0 radical (unpaired) electrons. The summed E-state index contributed by atoms with van der Waals surface area (Å²) in [5, 5.41) is 0. The second kappa shape index (κ2) is 5.94. The van der Waals surface area contributed by atoms with Crippen molar-refractivity contribution in [3.8, 4) is 0 Å². The van der Waals surface area contributed by atoms with Gasteiger partial charge < -0.3 is 4.74 Å². The zero-order valence-corrected chi connectivity index (χ0v) is 12.9. The van der Waals surface area contributed by atoms with Crippen LogP contribution in [0, 0.1) is 11.3 Å². The van der Waals surface area contributed by atoms with Crippen molar-refractivity contribution in [1.82, 2.24) is 0 Å². The van der Waals surface area contributed by atoms with Gasteiger partial charge in [0.1, 0.15) is 0 Å². The van der Waals surface area contributed by atoms with Gasteiger partial charge in [-0.15, -0.1) is 0 Å². The van der Waals surface area contributed by atoms with E-state index < -0.39 is 0 Å². The van der Waals surface area contributed by atoms with Crippen LogP contribution in [-0.2, 0) is 9.53 Å². The zero-order chi connectivity index (χ0) is 13.9. The number of thiol groups is 1. The fourth-order valence-electron chi connectivity index (χ4n) is 1.61. The van der Waals surface area contributed by atoms with Gasteiger partial charge in [0, 0.05) is 15.7 Å². The highest BCUT2D eigenvalue weighted by Crippen LogP contribution is 2.37. The molecule has 0 fully saturated rings. The summed E-state index contributed by atoms with van der Waals surface area (Å²) in [5.74, 6) is 0.158. The molecule has 0 aromatic heterocycles. The van der Waals surface area contributed by atoms with Gasteiger partial charge in [-0.05, 0) is 19.3 Å². The molecule has 0 bridgehead atoms. The lowest BCUT2D eigenvalue weighted by atomic mass is 9.79. The van der Waals surface area contributed by atoms with Crippen LogP contribution in [0.15, 0.2) is 12.2 Å². The predicted octanol–water partition coefficient (Wildman–Crippen LogP) is 3.87. The quantitative estimate of drug-likeness (QED) is 0.445. The molecule has 1 unspecified atom stereocenters. The predicted molar refractivity (Wildman–Crippen MR) is 76.4 cm³/mol. The van der Waals surface area contributed by atoms with E-state index in [1.54, 1.807) is 6.92 Å². The highest BCUT2D eigenvalue weighted by molar-refractivity contribution is 7.81. The zero-order valence-electron chi connectivity index (χ0n) is 12.0. The van der Waals surface area contributed by atoms with Gasteiger partial charge in [0.25, 0.3) is 0 Å². The molecule has 100 valence electrons. The Morgan fingerprint density at radius 3 is 2.18 bits per heavy atom. The minimum atomic E-state index is -0.316. The molecule has 0 aliphatic heterocycles. The van der Waals surface area contributed by atoms with E-state index in [9.17, 15) is 4.79 Å². The molecular weight excluding hydrogens is 232 g/mol. The van der Waals surface area contributed by atoms with E-state index in [1.807, 2.05) is 0 Å². The van der Waals surface area contributed by atoms with E-state index >= 15 is 0 Å². The summed E-state index contributed by atoms with van der Waals surface area (Å²) < 4.78 is 5.17. The van der Waals surface area contributed by atoms with Gasteiger partial charge in [-0.2, -0.15) is 12.6 Å². The third-order valence-electron chi connectivity index (χ3n) is 3.02. The van der Waals surface area contributed by atoms with Crippen molar-refractivity contribution in [2.24, 2.45) is 11.3 Å². The van der Waals surface area contributed by atoms with Gasteiger partial charge in [0.05, 0.1) is 6.61 Å². The summed E-state index contributed by atoms with van der Waals surface area (Å²) in [6.45, 7) is 16.3. The van der Waals surface area contributed by atoms with Crippen molar-refractivity contribution in [3.05, 3.63) is 12.2 Å². The first-order chi connectivity index (χ1) is 7.48. The van der Waals surface area contributed by atoms with Crippen molar-refractivity contribution in [2.45, 2.75) is 52.7 Å². The molecule has 2 nitrogen and oxygen atoms in total. The summed E-state index contributed by atoms with van der Waals surface area (Å²) in [7, 11) is 0. The summed E-state index contributed by atoms with van der Waals surface area (Å²) in [6.07, 6.45) is 0.893. The summed E-state index contributed by atoms with van der Waals surface area (Å²) >= 11 is 4.70. The van der Waals surface area contributed by atoms with Crippen LogP contribution in [0.25, 0.3) is 0 Å². The Kier molecular flexibility index (Phi) is 5.79. The Balaban J connectivity index is 4.40. The summed E-state index contributed by atoms with van der Waals surface area (Å²) in [4.78, 5) is 11.3. The second-order valence-corrected chi connectivity index (χ2v) is 7.23. The first-order valence-corrected chi connectivity index (χ1v) is 6.48. The molecule has 17 heavy (non-hydrogen) atoms. The molecule has 0 aromatic carbocycles. The van der Waals surface area contributed by atoms with Crippen molar-refractivity contribution >= 4 is 18.6 Å². The van der Waals surface area contributed by atoms with Crippen LogP contribution in [0.1, 0.15) is 48.0 Å². The van der Waals surface area contributed by atoms with E-state index in [0.717, 1.165) is 6.42 Å². The highest BCUT2D eigenvalue weighted by atomic mass is 32.1. The van der Waals surface area contributed by atoms with Gasteiger partial charge in [0.15, 0.2) is 0 Å². The average molecular weight is 258 g/mol. The number of esters is 1. The number of carbonyl (C=O) groups excluding carboxylic acids is 1. The number of carbonyl (C=O) groups is 1. The molecule has 0 aliphatic carbocycles. The lowest BCUT2D eigenvalue weighted by molar-refractivity contribution is -0.142. The van der Waals surface area contributed by atoms with E-state index in [-0.39, 0.29) is 16.1 Å². The van der Waals surface area contributed by atoms with Crippen molar-refractivity contribution in [2.75, 3.05) is 6.61 Å². The normalized spacial score (nSPS) is 15.5. The van der Waals surface area contributed by atoms with Crippen molar-refractivity contribution < 1.29 is 9.53 Å². The van der Waals surface area contributed by atoms with Crippen LogP contribution in [0.5, 0.6) is 0 Å². The monoisotopic (exact) mass is 258 g/mol. The third-order valence-corrected chi connectivity index (χ3v) is 3.70. The van der Waals surface area contributed by atoms with Crippen LogP contribution in [0.4, 0.5) is 0 Å². The van der Waals surface area contributed by atoms with Crippen LogP contribution in [0.2, 0.25) is 0 Å². The molecular formula is C14H26O2S. The molecule has 0 saturated heterocycles. The average Bonchev–Trinajstić information content (AvgIpc) is 2.12. The smallest absolute Gasteiger partial charge is 0.333 e. The Morgan fingerprint density at radius 1 is 1.35 bits per heavy atom. The fraction of sp³-hybridized carbons (Fsp3) is 0.786. The second-order valence-electron chi connectivity index (χ2n) is 6.21. The van der Waals surface area contributed by atoms with Crippen molar-refractivity contribution in [1.29, 1.82) is 0 Å². The fourth-order valence-corrected chi connectivity index (χ4v) is 2.04. The molecule has 0 spiro atoms. The van der Waals surface area contributed by atoms with Crippen LogP contribution in [0.3, 0.4) is 0 Å². The molecule has 0 aliphatic rings. The minimum absolute atomic E-state index is 0.0564. The standard InChI is InChI=1S/C14H26O2S/c1-10(2)12(15)16-9-13(5,6)8-14(7,17)11(3)4/h11,17H,1,8-9H2,2-7H3. The number of ether oxygens (including phenoxy) is 1. The molecule has 0 heterocycles. The molecule has 3 heteroatoms. The van der Waals surface area contributed by atoms with Crippen LogP contribution >= 0.6 is 12.6 Å². The maximum Gasteiger partial charge on any atom is 0.333 e. The van der Waals surface area contributed by atoms with Crippen LogP contribution < -0.4 is 0 Å². The molecule has 0 aromatic rings. The molecule has 0 amide bonds. The Hall–Kier alpha value is -0.440. The van der Waals surface area contributed by atoms with Gasteiger partial charge >= 0.3 is 5.97 Å². The Morgan fingerprint density at radius 2 is 1.82 bits per heavy atom. The maximum absolute atomic E-state index is 11.3. The Bertz CT molecular complexity index is 291. The largest absolute Gasteiger partial charge is 0.462 e. The first kappa shape index (κ1) is 16.6. The minimum Gasteiger partial charge on any atom is -0.462 e. The molecule has 0 N–H and O–H groups in total. The first-order valence-electron chi connectivity index (χ1n) is 6.03. The topological polar surface area (TPSA) is 26.3 Å². The third kappa shape index (κ3) is 6.16. The van der Waals surface area contributed by atoms with Gasteiger partial charge in [-0.1, -0.05) is 41.2 Å². The molecule has 1 atom stereocenters. The number of hydrogen-bond donors (Lipinski definition) is 1. The number of rotatable bonds is 6. The summed E-state index contributed by atoms with van der Waals surface area (Å²) in [6, 6.07) is 0. The summed E-state index contributed by atoms with van der Waals surface area (Å²) in [5.41, 5.74) is 0.365. The number of hydrogen-bond acceptors (Lipinski definition) is 3. The van der Waals surface area contributed by atoms with Gasteiger partial charge in [-0.25, -0.2) is 4.79 Å². The van der Waals surface area contributed by atoms with E-state index in [0.29, 0.717) is 18.1 Å². The van der Waals surface area contributed by atoms with Crippen molar-refractivity contribution in [3.63, 3.8) is 0 Å². The Labute approximate surface area is 111 Å². The van der Waals surface area contributed by atoms with Gasteiger partial charge in [-0.3, -0.25) is 0 Å². The molecule has 0 saturated carbocycles. The molecule has 0 rings (SSSR count).